The van der Waals surface area contributed by atoms with E-state index in [2.05, 4.69) is 0 Å². The zero-order valence-electron chi connectivity index (χ0n) is 21.8. The van der Waals surface area contributed by atoms with E-state index in [-0.39, 0.29) is 23.3 Å². The minimum absolute atomic E-state index is 0.128. The third-order valence-electron chi connectivity index (χ3n) is 6.73. The number of fused-ring (bicyclic) bond motifs is 1. The molecule has 1 fully saturated rings. The van der Waals surface area contributed by atoms with Gasteiger partial charge in [0.15, 0.2) is 5.16 Å². The van der Waals surface area contributed by atoms with E-state index in [0.717, 1.165) is 35.1 Å². The summed E-state index contributed by atoms with van der Waals surface area (Å²) < 4.78 is 19.2. The molecule has 2 aromatic rings. The van der Waals surface area contributed by atoms with Crippen molar-refractivity contribution in [1.29, 1.82) is 0 Å². The Labute approximate surface area is 212 Å². The molecule has 2 heterocycles. The van der Waals surface area contributed by atoms with Crippen LogP contribution in [0.4, 0.5) is 0 Å². The minimum atomic E-state index is -0.614. The van der Waals surface area contributed by atoms with Crippen LogP contribution in [0.15, 0.2) is 34.2 Å². The molecule has 1 aliphatic carbocycles. The Balaban J connectivity index is 1.50. The van der Waals surface area contributed by atoms with Crippen LogP contribution in [-0.2, 0) is 44.0 Å². The number of benzene rings is 1. The van der Waals surface area contributed by atoms with Crippen molar-refractivity contribution < 1.29 is 18.8 Å². The van der Waals surface area contributed by atoms with Crippen LogP contribution < -0.4 is 11.0 Å². The Hall–Kier alpha value is -2.10. The van der Waals surface area contributed by atoms with Crippen LogP contribution in [0.5, 0.6) is 0 Å². The average Bonchev–Trinajstić information content (AvgIpc) is 3.29. The normalized spacial score (nSPS) is 18.5. The zero-order valence-corrected chi connectivity index (χ0v) is 22.6. The first-order valence-electron chi connectivity index (χ1n) is 12.2. The van der Waals surface area contributed by atoms with Crippen molar-refractivity contribution in [2.24, 2.45) is 0 Å². The summed E-state index contributed by atoms with van der Waals surface area (Å²) in [6.07, 6.45) is 2.42. The fraction of sp³-hybridized carbons (Fsp3) is 0.577. The van der Waals surface area contributed by atoms with Crippen molar-refractivity contribution in [1.82, 2.24) is 9.55 Å². The molecule has 0 atom stereocenters. The third kappa shape index (κ3) is 5.68. The molecule has 0 bridgehead atoms. The Bertz CT molecular complexity index is 1150. The lowest BCUT2D eigenvalue weighted by atomic mass is 9.79. The number of hydrogen-bond donors (Lipinski definition) is 0. The van der Waals surface area contributed by atoms with E-state index in [1.165, 1.54) is 16.3 Å². The molecular weight excluding hydrogens is 463 g/mol. The second kappa shape index (κ2) is 9.41. The van der Waals surface area contributed by atoms with E-state index < -0.39 is 18.7 Å². The fourth-order valence-corrected chi connectivity index (χ4v) is 5.12. The molecule has 0 spiro atoms. The molecule has 35 heavy (non-hydrogen) atoms. The molecule has 1 aromatic carbocycles. The van der Waals surface area contributed by atoms with Crippen molar-refractivity contribution in [3.63, 3.8) is 0 Å². The molecule has 0 unspecified atom stereocenters. The van der Waals surface area contributed by atoms with Crippen molar-refractivity contribution in [2.75, 3.05) is 0 Å². The monoisotopic (exact) mass is 498 g/mol. The predicted molar refractivity (Wildman–Crippen MR) is 138 cm³/mol. The highest BCUT2D eigenvalue weighted by Crippen LogP contribution is 2.36. The highest BCUT2D eigenvalue weighted by atomic mass is 32.2. The Kier molecular flexibility index (Phi) is 6.99. The highest BCUT2D eigenvalue weighted by Gasteiger charge is 2.51. The van der Waals surface area contributed by atoms with Gasteiger partial charge in [-0.1, -0.05) is 36.0 Å². The topological polar surface area (TPSA) is 79.7 Å². The molecule has 0 amide bonds. The summed E-state index contributed by atoms with van der Waals surface area (Å²) in [5.74, 6) is 0.177. The molecule has 0 N–H and O–H groups in total. The second-order valence-corrected chi connectivity index (χ2v) is 12.2. The standard InChI is InChI=1S/C26H35BN2O5S/c1-24(2,3)32-21(30)15-29-22(31)19-9-8-10-20(19)28-23(29)35-16-17-11-13-18(14-12-17)27-33-25(4,5)26(6,7)34-27/h11-14H,8-10,15-16H2,1-7H3. The van der Waals surface area contributed by atoms with Gasteiger partial charge in [0.05, 0.1) is 16.9 Å². The van der Waals surface area contributed by atoms with Gasteiger partial charge in [-0.3, -0.25) is 14.2 Å². The Morgan fingerprint density at radius 3 is 2.34 bits per heavy atom. The zero-order chi connectivity index (χ0) is 25.6. The summed E-state index contributed by atoms with van der Waals surface area (Å²) in [6.45, 7) is 13.5. The summed E-state index contributed by atoms with van der Waals surface area (Å²) >= 11 is 1.46. The molecule has 1 aromatic heterocycles. The maximum Gasteiger partial charge on any atom is 0.494 e. The summed E-state index contributed by atoms with van der Waals surface area (Å²) in [4.78, 5) is 30.5. The van der Waals surface area contributed by atoms with Gasteiger partial charge in [-0.15, -0.1) is 0 Å². The van der Waals surface area contributed by atoms with Gasteiger partial charge in [0, 0.05) is 11.3 Å². The van der Waals surface area contributed by atoms with Gasteiger partial charge in [-0.25, -0.2) is 4.98 Å². The highest BCUT2D eigenvalue weighted by molar-refractivity contribution is 7.98. The number of rotatable bonds is 6. The van der Waals surface area contributed by atoms with Crippen LogP contribution in [0.25, 0.3) is 0 Å². The number of carbonyl (C=O) groups is 1. The molecule has 9 heteroatoms. The molecule has 1 aliphatic heterocycles. The largest absolute Gasteiger partial charge is 0.494 e. The van der Waals surface area contributed by atoms with Gasteiger partial charge in [-0.2, -0.15) is 0 Å². The lowest BCUT2D eigenvalue weighted by molar-refractivity contribution is -0.155. The lowest BCUT2D eigenvalue weighted by Gasteiger charge is -2.32. The summed E-state index contributed by atoms with van der Waals surface area (Å²) in [5.41, 5.74) is 2.11. The number of nitrogens with zero attached hydrogens (tertiary/aromatic N) is 2. The Morgan fingerprint density at radius 1 is 1.11 bits per heavy atom. The Morgan fingerprint density at radius 2 is 1.74 bits per heavy atom. The van der Waals surface area contributed by atoms with E-state index in [4.69, 9.17) is 19.0 Å². The smallest absolute Gasteiger partial charge is 0.459 e. The van der Waals surface area contributed by atoms with Gasteiger partial charge in [0.2, 0.25) is 0 Å². The summed E-state index contributed by atoms with van der Waals surface area (Å²) in [7, 11) is -0.404. The van der Waals surface area contributed by atoms with Crippen molar-refractivity contribution in [3.05, 3.63) is 51.4 Å². The van der Waals surface area contributed by atoms with E-state index in [1.54, 1.807) is 0 Å². The van der Waals surface area contributed by atoms with Crippen molar-refractivity contribution >= 4 is 30.3 Å². The van der Waals surface area contributed by atoms with Crippen LogP contribution in [0.2, 0.25) is 0 Å². The van der Waals surface area contributed by atoms with Crippen molar-refractivity contribution in [3.8, 4) is 0 Å². The van der Waals surface area contributed by atoms with Crippen LogP contribution in [-0.4, -0.2) is 39.4 Å². The average molecular weight is 498 g/mol. The van der Waals surface area contributed by atoms with Gasteiger partial charge in [0.25, 0.3) is 5.56 Å². The number of esters is 1. The molecule has 1 saturated heterocycles. The van der Waals surface area contributed by atoms with Crippen LogP contribution in [0.1, 0.15) is 71.7 Å². The number of ether oxygens (including phenoxy) is 1. The van der Waals surface area contributed by atoms with Crippen molar-refractivity contribution in [2.45, 2.75) is 102 Å². The van der Waals surface area contributed by atoms with Gasteiger partial charge >= 0.3 is 13.1 Å². The van der Waals surface area contributed by atoms with E-state index in [0.29, 0.717) is 17.3 Å². The summed E-state index contributed by atoms with van der Waals surface area (Å²) in [5, 5.41) is 0.552. The molecule has 0 saturated carbocycles. The quantitative estimate of drug-likeness (QED) is 0.260. The van der Waals surface area contributed by atoms with E-state index in [9.17, 15) is 9.59 Å². The molecule has 188 valence electrons. The van der Waals surface area contributed by atoms with E-state index >= 15 is 0 Å². The maximum atomic E-state index is 13.2. The van der Waals surface area contributed by atoms with Crippen LogP contribution in [0, 0.1) is 0 Å². The number of aromatic nitrogens is 2. The molecule has 2 aliphatic rings. The first-order valence-corrected chi connectivity index (χ1v) is 13.2. The number of thioether (sulfide) groups is 1. The van der Waals surface area contributed by atoms with Gasteiger partial charge in [0.1, 0.15) is 12.1 Å². The fourth-order valence-electron chi connectivity index (χ4n) is 4.16. The minimum Gasteiger partial charge on any atom is -0.459 e. The summed E-state index contributed by atoms with van der Waals surface area (Å²) in [6, 6.07) is 8.11. The van der Waals surface area contributed by atoms with Crippen LogP contribution >= 0.6 is 11.8 Å². The molecular formula is C26H35BN2O5S. The first kappa shape index (κ1) is 26.0. The molecule has 7 nitrogen and oxygen atoms in total. The maximum absolute atomic E-state index is 13.2. The van der Waals surface area contributed by atoms with Gasteiger partial charge in [-0.05, 0) is 78.8 Å². The second-order valence-electron chi connectivity index (χ2n) is 11.3. The number of carbonyl (C=O) groups excluding carboxylic acids is 1. The predicted octanol–water partition coefficient (Wildman–Crippen LogP) is 3.67. The van der Waals surface area contributed by atoms with Crippen LogP contribution in [0.3, 0.4) is 0 Å². The lowest BCUT2D eigenvalue weighted by Crippen LogP contribution is -2.41. The van der Waals surface area contributed by atoms with Gasteiger partial charge < -0.3 is 14.0 Å². The number of aryl methyl sites for hydroxylation is 1. The number of hydrogen-bond acceptors (Lipinski definition) is 7. The SMILES string of the molecule is CC(C)(C)OC(=O)Cn1c(SCc2ccc(B3OC(C)(C)C(C)(C)O3)cc2)nc2c(c1=O)CCC2. The molecule has 4 rings (SSSR count). The first-order chi connectivity index (χ1) is 16.3. The molecule has 0 radical (unpaired) electrons. The van der Waals surface area contributed by atoms with E-state index in [1.807, 2.05) is 72.7 Å². The third-order valence-corrected chi connectivity index (χ3v) is 7.78.